The van der Waals surface area contributed by atoms with Crippen LogP contribution in [-0.2, 0) is 20.7 Å². The van der Waals surface area contributed by atoms with E-state index in [1.807, 2.05) is 30.3 Å². The molecule has 1 aromatic rings. The number of allylic oxidation sites excluding steroid dienone is 1. The van der Waals surface area contributed by atoms with Gasteiger partial charge in [-0.05, 0) is 52.0 Å². The quantitative estimate of drug-likeness (QED) is 0.392. The molecule has 3 N–H and O–H groups in total. The Morgan fingerprint density at radius 2 is 1.89 bits per heavy atom. The Kier molecular flexibility index (Phi) is 9.18. The second-order valence-electron chi connectivity index (χ2n) is 7.49. The highest BCUT2D eigenvalue weighted by Gasteiger charge is 2.27. The number of hydrogen-bond donors (Lipinski definition) is 2. The summed E-state index contributed by atoms with van der Waals surface area (Å²) in [5.74, 6) is -0.918. The number of esters is 1. The van der Waals surface area contributed by atoms with Crippen molar-refractivity contribution in [2.75, 3.05) is 13.7 Å². The number of aliphatic hydroxyl groups excluding tert-OH is 1. The predicted molar refractivity (Wildman–Crippen MR) is 106 cm³/mol. The Morgan fingerprint density at radius 3 is 2.44 bits per heavy atom. The van der Waals surface area contributed by atoms with Crippen LogP contribution in [0.1, 0.15) is 45.6 Å². The van der Waals surface area contributed by atoms with Crippen LogP contribution >= 0.6 is 0 Å². The second kappa shape index (κ2) is 10.8. The first-order chi connectivity index (χ1) is 12.7. The van der Waals surface area contributed by atoms with Gasteiger partial charge in [-0.1, -0.05) is 36.4 Å². The number of amides is 1. The summed E-state index contributed by atoms with van der Waals surface area (Å²) >= 11 is 0. The maximum absolute atomic E-state index is 12.7. The molecule has 6 heteroatoms. The number of carbonyl (C=O) groups excluding carboxylic acids is 2. The van der Waals surface area contributed by atoms with Crippen molar-refractivity contribution in [2.24, 2.45) is 5.73 Å². The van der Waals surface area contributed by atoms with Gasteiger partial charge in [-0.15, -0.1) is 0 Å². The van der Waals surface area contributed by atoms with Crippen molar-refractivity contribution in [3.05, 3.63) is 47.7 Å². The molecule has 0 saturated carbocycles. The van der Waals surface area contributed by atoms with Gasteiger partial charge in [-0.3, -0.25) is 4.79 Å². The van der Waals surface area contributed by atoms with E-state index in [1.54, 1.807) is 26.8 Å². The van der Waals surface area contributed by atoms with Gasteiger partial charge in [0.2, 0.25) is 5.91 Å². The molecule has 0 heterocycles. The van der Waals surface area contributed by atoms with Crippen molar-refractivity contribution in [3.8, 4) is 0 Å². The molecule has 27 heavy (non-hydrogen) atoms. The van der Waals surface area contributed by atoms with E-state index in [0.29, 0.717) is 25.7 Å². The van der Waals surface area contributed by atoms with E-state index in [4.69, 9.17) is 15.6 Å². The molecule has 1 rings (SSSR count). The maximum atomic E-state index is 12.7. The van der Waals surface area contributed by atoms with Crippen molar-refractivity contribution in [2.45, 2.75) is 58.1 Å². The zero-order chi connectivity index (χ0) is 20.4. The van der Waals surface area contributed by atoms with Gasteiger partial charge in [0, 0.05) is 13.7 Å². The number of carbonyl (C=O) groups is 2. The minimum atomic E-state index is -0.723. The molecule has 0 unspecified atom stereocenters. The molecule has 1 aromatic carbocycles. The van der Waals surface area contributed by atoms with Gasteiger partial charge in [0.1, 0.15) is 11.3 Å². The fourth-order valence-corrected chi connectivity index (χ4v) is 2.48. The van der Waals surface area contributed by atoms with Gasteiger partial charge in [-0.2, -0.15) is 0 Å². The van der Waals surface area contributed by atoms with E-state index in [1.165, 1.54) is 11.9 Å². The fraction of sp³-hybridized carbons (Fsp3) is 0.524. The van der Waals surface area contributed by atoms with Crippen LogP contribution < -0.4 is 5.73 Å². The summed E-state index contributed by atoms with van der Waals surface area (Å²) in [6.07, 6.45) is 3.73. The van der Waals surface area contributed by atoms with Crippen LogP contribution in [0.3, 0.4) is 0 Å². The average molecular weight is 376 g/mol. The lowest BCUT2D eigenvalue weighted by Gasteiger charge is -2.26. The predicted octanol–water partition coefficient (Wildman–Crippen LogP) is 2.40. The number of nitrogens with two attached hydrogens (primary N) is 1. The molecule has 1 atom stereocenters. The largest absolute Gasteiger partial charge is 0.455 e. The molecule has 0 saturated heterocycles. The van der Waals surface area contributed by atoms with E-state index < -0.39 is 17.6 Å². The van der Waals surface area contributed by atoms with Crippen molar-refractivity contribution >= 4 is 11.9 Å². The Hall–Kier alpha value is -2.18. The maximum Gasteiger partial charge on any atom is 0.355 e. The van der Waals surface area contributed by atoms with Crippen molar-refractivity contribution < 1.29 is 19.4 Å². The van der Waals surface area contributed by atoms with Gasteiger partial charge < -0.3 is 20.5 Å². The third-order valence-corrected chi connectivity index (χ3v) is 3.90. The van der Waals surface area contributed by atoms with Gasteiger partial charge in [0.25, 0.3) is 0 Å². The molecule has 0 fully saturated rings. The van der Waals surface area contributed by atoms with Gasteiger partial charge in [0.05, 0.1) is 6.04 Å². The first-order valence-electron chi connectivity index (χ1n) is 9.27. The molecule has 0 aromatic heterocycles. The molecular formula is C21H32N2O4. The average Bonchev–Trinajstić information content (AvgIpc) is 2.61. The number of hydrogen-bond acceptors (Lipinski definition) is 5. The highest BCUT2D eigenvalue weighted by Crippen LogP contribution is 2.16. The van der Waals surface area contributed by atoms with Crippen LogP contribution in [0.4, 0.5) is 0 Å². The number of benzene rings is 1. The highest BCUT2D eigenvalue weighted by atomic mass is 16.6. The summed E-state index contributed by atoms with van der Waals surface area (Å²) in [6.45, 7) is 5.31. The molecule has 0 radical (unpaired) electrons. The van der Waals surface area contributed by atoms with Crippen LogP contribution in [0.25, 0.3) is 0 Å². The summed E-state index contributed by atoms with van der Waals surface area (Å²) in [7, 11) is 1.53. The van der Waals surface area contributed by atoms with E-state index in [9.17, 15) is 9.59 Å². The van der Waals surface area contributed by atoms with E-state index in [0.717, 1.165) is 5.56 Å². The summed E-state index contributed by atoms with van der Waals surface area (Å²) in [5, 5.41) is 8.97. The lowest BCUT2D eigenvalue weighted by Crippen LogP contribution is -2.44. The number of likely N-dealkylation sites (N-methyl/N-ethyl adjacent to an activating group) is 1. The van der Waals surface area contributed by atoms with Crippen LogP contribution in [-0.4, -0.2) is 47.2 Å². The minimum Gasteiger partial charge on any atom is -0.455 e. The number of aliphatic hydroxyl groups is 1. The summed E-state index contributed by atoms with van der Waals surface area (Å²) in [6, 6.07) is 9.08. The number of nitrogens with zero attached hydrogens (tertiary/aromatic N) is 1. The zero-order valence-corrected chi connectivity index (χ0v) is 16.8. The fourth-order valence-electron chi connectivity index (χ4n) is 2.48. The lowest BCUT2D eigenvalue weighted by molar-refractivity contribution is -0.153. The number of ether oxygens (including phenoxy) is 1. The molecule has 0 aliphatic carbocycles. The first-order valence-corrected chi connectivity index (χ1v) is 9.27. The Morgan fingerprint density at radius 1 is 1.26 bits per heavy atom. The van der Waals surface area contributed by atoms with Crippen LogP contribution in [0, 0.1) is 0 Å². The molecule has 6 nitrogen and oxygen atoms in total. The number of unbranched alkanes of at least 4 members (excludes halogenated alkanes) is 1. The smallest absolute Gasteiger partial charge is 0.355 e. The second-order valence-corrected chi connectivity index (χ2v) is 7.49. The van der Waals surface area contributed by atoms with E-state index >= 15 is 0 Å². The normalized spacial score (nSPS) is 13.2. The number of aryl methyl sites for hydroxylation is 1. The zero-order valence-electron chi connectivity index (χ0n) is 16.8. The molecule has 150 valence electrons. The summed E-state index contributed by atoms with van der Waals surface area (Å²) in [5.41, 5.74) is 6.66. The standard InChI is InChI=1S/C21H32N2O4/c1-21(2,3)27-20(26)18(12-8-9-15-24)23(4)19(25)17(22)14-13-16-10-6-5-7-11-16/h5-7,10-12,17,24H,8-9,13-15,22H2,1-4H3/b18-12-/t17-/m0/s1. The summed E-state index contributed by atoms with van der Waals surface area (Å²) in [4.78, 5) is 26.5. The Balaban J connectivity index is 2.82. The van der Waals surface area contributed by atoms with Crippen LogP contribution in [0.15, 0.2) is 42.1 Å². The van der Waals surface area contributed by atoms with Crippen LogP contribution in [0.2, 0.25) is 0 Å². The Bertz CT molecular complexity index is 635. The molecule has 0 bridgehead atoms. The number of rotatable bonds is 9. The van der Waals surface area contributed by atoms with Crippen molar-refractivity contribution in [3.63, 3.8) is 0 Å². The highest BCUT2D eigenvalue weighted by molar-refractivity contribution is 5.95. The van der Waals surface area contributed by atoms with E-state index in [2.05, 4.69) is 0 Å². The molecule has 0 aliphatic rings. The SMILES string of the molecule is CN(C(=O)[C@@H](N)CCc1ccccc1)/C(=C\CCCO)C(=O)OC(C)(C)C. The Labute approximate surface area is 162 Å². The van der Waals surface area contributed by atoms with Gasteiger partial charge >= 0.3 is 5.97 Å². The van der Waals surface area contributed by atoms with Crippen molar-refractivity contribution in [1.29, 1.82) is 0 Å². The molecular weight excluding hydrogens is 344 g/mol. The molecule has 0 aliphatic heterocycles. The molecule has 0 spiro atoms. The summed E-state index contributed by atoms with van der Waals surface area (Å²) < 4.78 is 5.41. The van der Waals surface area contributed by atoms with Gasteiger partial charge in [-0.25, -0.2) is 4.79 Å². The van der Waals surface area contributed by atoms with Gasteiger partial charge in [0.15, 0.2) is 0 Å². The monoisotopic (exact) mass is 376 g/mol. The van der Waals surface area contributed by atoms with Crippen LogP contribution in [0.5, 0.6) is 0 Å². The molecule has 1 amide bonds. The third-order valence-electron chi connectivity index (χ3n) is 3.90. The lowest BCUT2D eigenvalue weighted by atomic mass is 10.0. The van der Waals surface area contributed by atoms with E-state index in [-0.39, 0.29) is 18.2 Å². The third kappa shape index (κ3) is 8.37. The van der Waals surface area contributed by atoms with Crippen molar-refractivity contribution in [1.82, 2.24) is 4.90 Å². The topological polar surface area (TPSA) is 92.9 Å². The first kappa shape index (κ1) is 22.9. The minimum absolute atomic E-state index is 0.00630.